The topological polar surface area (TPSA) is 15.3 Å². The summed E-state index contributed by atoms with van der Waals surface area (Å²) in [5.74, 6) is 1.00. The van der Waals surface area contributed by atoms with Crippen molar-refractivity contribution in [3.05, 3.63) is 0 Å². The summed E-state index contributed by atoms with van der Waals surface area (Å²) in [4.78, 5) is 2.83. The molecule has 118 valence electrons. The average Bonchev–Trinajstić information content (AvgIpc) is 2.95. The van der Waals surface area contributed by atoms with Crippen LogP contribution in [0, 0.1) is 5.92 Å². The molecule has 1 unspecified atom stereocenters. The number of nitrogens with zero attached hydrogens (tertiary/aromatic N) is 1. The lowest BCUT2D eigenvalue weighted by molar-refractivity contribution is 0.0452. The summed E-state index contributed by atoms with van der Waals surface area (Å²) >= 11 is 0. The highest BCUT2D eigenvalue weighted by molar-refractivity contribution is 5.01. The van der Waals surface area contributed by atoms with E-state index in [0.29, 0.717) is 11.6 Å². The van der Waals surface area contributed by atoms with E-state index < -0.39 is 0 Å². The van der Waals surface area contributed by atoms with Crippen LogP contribution in [-0.4, -0.2) is 36.1 Å². The van der Waals surface area contributed by atoms with E-state index in [1.165, 1.54) is 77.4 Å². The quantitative estimate of drug-likeness (QED) is 0.681. The van der Waals surface area contributed by atoms with Crippen LogP contribution in [0.3, 0.4) is 0 Å². The predicted molar refractivity (Wildman–Crippen MR) is 88.2 cm³/mol. The number of nitrogens with one attached hydrogen (secondary N) is 1. The molecule has 0 aromatic rings. The third kappa shape index (κ3) is 3.39. The average molecular weight is 280 g/mol. The van der Waals surface area contributed by atoms with Crippen LogP contribution in [0.5, 0.6) is 0 Å². The number of likely N-dealkylation sites (tertiary alicyclic amines) is 1. The maximum absolute atomic E-state index is 3.95. The first kappa shape index (κ1) is 16.3. The van der Waals surface area contributed by atoms with Crippen LogP contribution in [0.25, 0.3) is 0 Å². The molecule has 20 heavy (non-hydrogen) atoms. The normalized spacial score (nSPS) is 22.9. The van der Waals surface area contributed by atoms with Gasteiger partial charge in [0.2, 0.25) is 0 Å². The zero-order chi connectivity index (χ0) is 14.4. The van der Waals surface area contributed by atoms with Crippen LogP contribution < -0.4 is 5.32 Å². The zero-order valence-corrected chi connectivity index (χ0v) is 14.1. The second-order valence-corrected chi connectivity index (χ2v) is 7.04. The molecule has 0 amide bonds. The Bertz CT molecular complexity index is 263. The molecule has 0 aromatic carbocycles. The third-order valence-corrected chi connectivity index (χ3v) is 6.04. The molecule has 2 fully saturated rings. The number of rotatable bonds is 9. The molecule has 1 atom stereocenters. The molecule has 1 saturated carbocycles. The van der Waals surface area contributed by atoms with Crippen LogP contribution in [0.4, 0.5) is 0 Å². The molecule has 2 rings (SSSR count). The lowest BCUT2D eigenvalue weighted by Gasteiger charge is -2.49. The van der Waals surface area contributed by atoms with Crippen LogP contribution in [0.1, 0.15) is 78.6 Å². The first-order chi connectivity index (χ1) is 9.76. The predicted octanol–water partition coefficient (Wildman–Crippen LogP) is 4.20. The minimum absolute atomic E-state index is 0.418. The second-order valence-electron chi connectivity index (χ2n) is 7.04. The Kier molecular flexibility index (Phi) is 6.35. The van der Waals surface area contributed by atoms with Gasteiger partial charge in [0, 0.05) is 11.6 Å². The summed E-state index contributed by atoms with van der Waals surface area (Å²) in [6.07, 6.45) is 12.5. The number of hydrogen-bond acceptors (Lipinski definition) is 2. The molecular weight excluding hydrogens is 244 g/mol. The van der Waals surface area contributed by atoms with Crippen molar-refractivity contribution in [2.45, 2.75) is 90.1 Å². The first-order valence-electron chi connectivity index (χ1n) is 9.25. The molecule has 2 aliphatic rings. The van der Waals surface area contributed by atoms with Crippen molar-refractivity contribution in [2.24, 2.45) is 5.92 Å². The highest BCUT2D eigenvalue weighted by Crippen LogP contribution is 2.38. The van der Waals surface area contributed by atoms with Crippen molar-refractivity contribution in [3.8, 4) is 0 Å². The van der Waals surface area contributed by atoms with Gasteiger partial charge in [-0.1, -0.05) is 40.0 Å². The van der Waals surface area contributed by atoms with Gasteiger partial charge in [-0.25, -0.2) is 0 Å². The Hall–Kier alpha value is -0.0800. The van der Waals surface area contributed by atoms with E-state index >= 15 is 0 Å². The van der Waals surface area contributed by atoms with E-state index in [4.69, 9.17) is 0 Å². The molecule has 1 aliphatic heterocycles. The van der Waals surface area contributed by atoms with Gasteiger partial charge in [0.25, 0.3) is 0 Å². The lowest BCUT2D eigenvalue weighted by atomic mass is 9.73. The summed E-state index contributed by atoms with van der Waals surface area (Å²) in [7, 11) is 0. The van der Waals surface area contributed by atoms with Gasteiger partial charge in [-0.2, -0.15) is 0 Å². The van der Waals surface area contributed by atoms with E-state index in [1.54, 1.807) is 0 Å². The van der Waals surface area contributed by atoms with Gasteiger partial charge in [0.1, 0.15) is 0 Å². The standard InChI is InChI=1S/C18H36N2/c1-4-12-19-17(15-16-10-9-11-16)18(5-2,6-3)20-13-7-8-14-20/h16-17,19H,4-15H2,1-3H3. The molecule has 0 spiro atoms. The van der Waals surface area contributed by atoms with Crippen LogP contribution in [0.2, 0.25) is 0 Å². The Labute approximate surface area is 126 Å². The summed E-state index contributed by atoms with van der Waals surface area (Å²) < 4.78 is 0. The van der Waals surface area contributed by atoms with Crippen LogP contribution in [0.15, 0.2) is 0 Å². The molecule has 1 saturated heterocycles. The highest BCUT2D eigenvalue weighted by atomic mass is 15.2. The van der Waals surface area contributed by atoms with E-state index in [1.807, 2.05) is 0 Å². The van der Waals surface area contributed by atoms with Crippen molar-refractivity contribution in [2.75, 3.05) is 19.6 Å². The fourth-order valence-electron chi connectivity index (χ4n) is 4.45. The highest BCUT2D eigenvalue weighted by Gasteiger charge is 2.42. The molecule has 1 N–H and O–H groups in total. The minimum atomic E-state index is 0.418. The summed E-state index contributed by atoms with van der Waals surface area (Å²) in [5, 5.41) is 3.95. The van der Waals surface area contributed by atoms with Crippen molar-refractivity contribution in [1.29, 1.82) is 0 Å². The second kappa shape index (κ2) is 7.79. The zero-order valence-electron chi connectivity index (χ0n) is 14.1. The van der Waals surface area contributed by atoms with E-state index in [-0.39, 0.29) is 0 Å². The van der Waals surface area contributed by atoms with Gasteiger partial charge in [-0.15, -0.1) is 0 Å². The lowest BCUT2D eigenvalue weighted by Crippen LogP contribution is -2.61. The molecule has 0 radical (unpaired) electrons. The van der Waals surface area contributed by atoms with E-state index in [2.05, 4.69) is 31.0 Å². The van der Waals surface area contributed by atoms with E-state index in [9.17, 15) is 0 Å². The fraction of sp³-hybridized carbons (Fsp3) is 1.00. The van der Waals surface area contributed by atoms with Crippen molar-refractivity contribution < 1.29 is 0 Å². The SMILES string of the molecule is CCCNC(CC1CCC1)C(CC)(CC)N1CCCC1. The van der Waals surface area contributed by atoms with Gasteiger partial charge in [0.05, 0.1) is 0 Å². The maximum atomic E-state index is 3.95. The van der Waals surface area contributed by atoms with Gasteiger partial charge < -0.3 is 5.32 Å². The van der Waals surface area contributed by atoms with Gasteiger partial charge >= 0.3 is 0 Å². The monoisotopic (exact) mass is 280 g/mol. The van der Waals surface area contributed by atoms with Gasteiger partial charge in [-0.05, 0) is 64.1 Å². The third-order valence-electron chi connectivity index (χ3n) is 6.04. The molecule has 0 bridgehead atoms. The number of hydrogen-bond donors (Lipinski definition) is 1. The first-order valence-corrected chi connectivity index (χ1v) is 9.25. The maximum Gasteiger partial charge on any atom is 0.0357 e. The van der Waals surface area contributed by atoms with Gasteiger partial charge in [0.15, 0.2) is 0 Å². The van der Waals surface area contributed by atoms with Crippen molar-refractivity contribution in [3.63, 3.8) is 0 Å². The Balaban J connectivity index is 2.09. The molecule has 1 aliphatic carbocycles. The summed E-state index contributed by atoms with van der Waals surface area (Å²) in [6, 6.07) is 0.709. The Morgan fingerprint density at radius 2 is 1.70 bits per heavy atom. The minimum Gasteiger partial charge on any atom is -0.312 e. The largest absolute Gasteiger partial charge is 0.312 e. The summed E-state index contributed by atoms with van der Waals surface area (Å²) in [6.45, 7) is 11.0. The van der Waals surface area contributed by atoms with Crippen molar-refractivity contribution in [1.82, 2.24) is 10.2 Å². The summed E-state index contributed by atoms with van der Waals surface area (Å²) in [5.41, 5.74) is 0.418. The van der Waals surface area contributed by atoms with Gasteiger partial charge in [-0.3, -0.25) is 4.90 Å². The Morgan fingerprint density at radius 3 is 2.15 bits per heavy atom. The molecular formula is C18H36N2. The van der Waals surface area contributed by atoms with E-state index in [0.717, 1.165) is 5.92 Å². The van der Waals surface area contributed by atoms with Crippen LogP contribution in [-0.2, 0) is 0 Å². The molecule has 2 heteroatoms. The molecule has 1 heterocycles. The molecule has 2 nitrogen and oxygen atoms in total. The molecule has 0 aromatic heterocycles. The Morgan fingerprint density at radius 1 is 1.05 bits per heavy atom. The smallest absolute Gasteiger partial charge is 0.0357 e. The van der Waals surface area contributed by atoms with Crippen LogP contribution >= 0.6 is 0 Å². The fourth-order valence-corrected chi connectivity index (χ4v) is 4.45. The van der Waals surface area contributed by atoms with Crippen molar-refractivity contribution >= 4 is 0 Å².